The summed E-state index contributed by atoms with van der Waals surface area (Å²) in [4.78, 5) is 8.67. The molecule has 0 atom stereocenters. The standard InChI is InChI=1S/C13H15N5O/c1-18-8-10(7-17-18)9-19-13-11(3-2-4-16-13)12-14-5-6-15-12/h2-4,7-8H,5-6,9H2,1H3,(H,14,15). The molecule has 0 aliphatic carbocycles. The highest BCUT2D eigenvalue weighted by molar-refractivity contribution is 6.01. The Balaban J connectivity index is 1.77. The lowest BCUT2D eigenvalue weighted by Gasteiger charge is -2.09. The molecule has 6 heteroatoms. The highest BCUT2D eigenvalue weighted by atomic mass is 16.5. The molecule has 1 aliphatic heterocycles. The first kappa shape index (κ1) is 11.7. The highest BCUT2D eigenvalue weighted by Gasteiger charge is 2.14. The molecule has 1 N–H and O–H groups in total. The molecular formula is C13H15N5O. The molecule has 3 heterocycles. The van der Waals surface area contributed by atoms with E-state index in [9.17, 15) is 0 Å². The van der Waals surface area contributed by atoms with Crippen molar-refractivity contribution >= 4 is 5.84 Å². The summed E-state index contributed by atoms with van der Waals surface area (Å²) in [5.41, 5.74) is 1.92. The summed E-state index contributed by atoms with van der Waals surface area (Å²) in [6.07, 6.45) is 5.43. The van der Waals surface area contributed by atoms with Gasteiger partial charge in [0.15, 0.2) is 0 Å². The molecule has 0 bridgehead atoms. The van der Waals surface area contributed by atoms with Crippen LogP contribution in [0.4, 0.5) is 0 Å². The summed E-state index contributed by atoms with van der Waals surface area (Å²) in [6.45, 7) is 2.11. The molecule has 0 spiro atoms. The zero-order chi connectivity index (χ0) is 13.1. The zero-order valence-corrected chi connectivity index (χ0v) is 10.7. The summed E-state index contributed by atoms with van der Waals surface area (Å²) in [5, 5.41) is 7.34. The van der Waals surface area contributed by atoms with Gasteiger partial charge in [-0.2, -0.15) is 5.10 Å². The van der Waals surface area contributed by atoms with E-state index in [2.05, 4.69) is 20.4 Å². The molecule has 6 nitrogen and oxygen atoms in total. The van der Waals surface area contributed by atoms with Crippen LogP contribution in [-0.2, 0) is 13.7 Å². The third-order valence-electron chi connectivity index (χ3n) is 2.83. The van der Waals surface area contributed by atoms with Crippen LogP contribution in [0.5, 0.6) is 5.88 Å². The van der Waals surface area contributed by atoms with Gasteiger partial charge in [-0.15, -0.1) is 0 Å². The van der Waals surface area contributed by atoms with Crippen LogP contribution in [0.25, 0.3) is 0 Å². The van der Waals surface area contributed by atoms with Crippen molar-refractivity contribution in [3.05, 3.63) is 41.9 Å². The predicted molar refractivity (Wildman–Crippen MR) is 71.2 cm³/mol. The van der Waals surface area contributed by atoms with Gasteiger partial charge in [-0.25, -0.2) is 4.98 Å². The quantitative estimate of drug-likeness (QED) is 0.877. The summed E-state index contributed by atoms with van der Waals surface area (Å²) in [7, 11) is 1.88. The first-order chi connectivity index (χ1) is 9.33. The van der Waals surface area contributed by atoms with Gasteiger partial charge in [0.05, 0.1) is 18.3 Å². The van der Waals surface area contributed by atoms with Crippen molar-refractivity contribution in [3.8, 4) is 5.88 Å². The van der Waals surface area contributed by atoms with Crippen LogP contribution in [0.15, 0.2) is 35.7 Å². The molecule has 19 heavy (non-hydrogen) atoms. The third kappa shape index (κ3) is 2.57. The van der Waals surface area contributed by atoms with E-state index in [4.69, 9.17) is 4.74 Å². The lowest BCUT2D eigenvalue weighted by Crippen LogP contribution is -2.20. The van der Waals surface area contributed by atoms with Crippen molar-refractivity contribution in [1.29, 1.82) is 0 Å². The lowest BCUT2D eigenvalue weighted by atomic mass is 10.2. The van der Waals surface area contributed by atoms with Gasteiger partial charge in [0.25, 0.3) is 0 Å². The molecule has 1 aliphatic rings. The van der Waals surface area contributed by atoms with Crippen molar-refractivity contribution in [3.63, 3.8) is 0 Å². The third-order valence-corrected chi connectivity index (χ3v) is 2.83. The monoisotopic (exact) mass is 257 g/mol. The fraction of sp³-hybridized carbons (Fsp3) is 0.308. The Morgan fingerprint density at radius 3 is 3.16 bits per heavy atom. The van der Waals surface area contributed by atoms with E-state index in [-0.39, 0.29) is 0 Å². The number of pyridine rings is 1. The van der Waals surface area contributed by atoms with Gasteiger partial charge in [0, 0.05) is 31.5 Å². The number of aromatic nitrogens is 3. The SMILES string of the molecule is Cn1cc(COc2ncccc2C2=NCCN2)cn1. The molecule has 0 fully saturated rings. The Morgan fingerprint density at radius 2 is 2.42 bits per heavy atom. The van der Waals surface area contributed by atoms with Gasteiger partial charge in [-0.1, -0.05) is 0 Å². The van der Waals surface area contributed by atoms with Crippen LogP contribution in [0, 0.1) is 0 Å². The molecular weight excluding hydrogens is 242 g/mol. The van der Waals surface area contributed by atoms with Gasteiger partial charge in [0.1, 0.15) is 12.4 Å². The first-order valence-corrected chi connectivity index (χ1v) is 6.17. The van der Waals surface area contributed by atoms with E-state index < -0.39 is 0 Å². The summed E-state index contributed by atoms with van der Waals surface area (Å²) >= 11 is 0. The Kier molecular flexibility index (Phi) is 3.14. The fourth-order valence-electron chi connectivity index (χ4n) is 1.96. The second-order valence-corrected chi connectivity index (χ2v) is 4.32. The highest BCUT2D eigenvalue weighted by Crippen LogP contribution is 2.17. The average molecular weight is 257 g/mol. The van der Waals surface area contributed by atoms with Crippen molar-refractivity contribution in [1.82, 2.24) is 20.1 Å². The largest absolute Gasteiger partial charge is 0.472 e. The summed E-state index contributed by atoms with van der Waals surface area (Å²) in [6, 6.07) is 3.84. The maximum Gasteiger partial charge on any atom is 0.224 e. The molecule has 3 rings (SSSR count). The molecule has 98 valence electrons. The first-order valence-electron chi connectivity index (χ1n) is 6.17. The zero-order valence-electron chi connectivity index (χ0n) is 10.7. The van der Waals surface area contributed by atoms with E-state index >= 15 is 0 Å². The summed E-state index contributed by atoms with van der Waals surface area (Å²) < 4.78 is 7.51. The fourth-order valence-corrected chi connectivity index (χ4v) is 1.96. The number of aryl methyl sites for hydroxylation is 1. The second kappa shape index (κ2) is 5.09. The molecule has 0 radical (unpaired) electrons. The number of hydrogen-bond donors (Lipinski definition) is 1. The van der Waals surface area contributed by atoms with Crippen LogP contribution >= 0.6 is 0 Å². The topological polar surface area (TPSA) is 64.3 Å². The van der Waals surface area contributed by atoms with E-state index in [1.165, 1.54) is 0 Å². The molecule has 0 amide bonds. The van der Waals surface area contributed by atoms with E-state index in [0.717, 1.165) is 30.1 Å². The predicted octanol–water partition coefficient (Wildman–Crippen LogP) is 0.744. The average Bonchev–Trinajstić information content (AvgIpc) is 3.08. The van der Waals surface area contributed by atoms with Gasteiger partial charge in [0.2, 0.25) is 5.88 Å². The number of hydrogen-bond acceptors (Lipinski definition) is 5. The van der Waals surface area contributed by atoms with E-state index in [0.29, 0.717) is 12.5 Å². The van der Waals surface area contributed by atoms with Gasteiger partial charge < -0.3 is 10.1 Å². The minimum atomic E-state index is 0.450. The number of ether oxygens (including phenoxy) is 1. The molecule has 0 unspecified atom stereocenters. The minimum absolute atomic E-state index is 0.450. The van der Waals surface area contributed by atoms with E-state index in [1.807, 2.05) is 25.4 Å². The van der Waals surface area contributed by atoms with Crippen molar-refractivity contribution < 1.29 is 4.74 Å². The van der Waals surface area contributed by atoms with Gasteiger partial charge in [-0.3, -0.25) is 9.67 Å². The molecule has 2 aromatic heterocycles. The van der Waals surface area contributed by atoms with Crippen molar-refractivity contribution in [2.75, 3.05) is 13.1 Å². The second-order valence-electron chi connectivity index (χ2n) is 4.32. The number of aliphatic imine (C=N–C) groups is 1. The Bertz CT molecular complexity index is 605. The normalized spacial score (nSPS) is 14.1. The van der Waals surface area contributed by atoms with Gasteiger partial charge in [-0.05, 0) is 12.1 Å². The minimum Gasteiger partial charge on any atom is -0.472 e. The maximum absolute atomic E-state index is 5.76. The lowest BCUT2D eigenvalue weighted by molar-refractivity contribution is 0.293. The van der Waals surface area contributed by atoms with E-state index in [1.54, 1.807) is 17.1 Å². The molecule has 0 aromatic carbocycles. The van der Waals surface area contributed by atoms with Crippen LogP contribution in [0.1, 0.15) is 11.1 Å². The Hall–Kier alpha value is -2.37. The Morgan fingerprint density at radius 1 is 1.47 bits per heavy atom. The van der Waals surface area contributed by atoms with Crippen LogP contribution in [-0.4, -0.2) is 33.7 Å². The number of rotatable bonds is 4. The van der Waals surface area contributed by atoms with Crippen molar-refractivity contribution in [2.24, 2.45) is 12.0 Å². The van der Waals surface area contributed by atoms with Crippen molar-refractivity contribution in [2.45, 2.75) is 6.61 Å². The number of nitrogens with zero attached hydrogens (tertiary/aromatic N) is 4. The molecule has 0 saturated heterocycles. The number of amidine groups is 1. The molecule has 2 aromatic rings. The maximum atomic E-state index is 5.76. The molecule has 0 saturated carbocycles. The summed E-state index contributed by atoms with van der Waals surface area (Å²) in [5.74, 6) is 1.45. The van der Waals surface area contributed by atoms with Crippen LogP contribution in [0.2, 0.25) is 0 Å². The number of nitrogens with one attached hydrogen (secondary N) is 1. The van der Waals surface area contributed by atoms with Gasteiger partial charge >= 0.3 is 0 Å². The Labute approximate surface area is 111 Å². The van der Waals surface area contributed by atoms with Crippen LogP contribution < -0.4 is 10.1 Å². The van der Waals surface area contributed by atoms with Crippen LogP contribution in [0.3, 0.4) is 0 Å². The smallest absolute Gasteiger partial charge is 0.224 e.